The maximum atomic E-state index is 12.1. The Balaban J connectivity index is 1.92. The number of amides is 1. The van der Waals surface area contributed by atoms with E-state index in [1.807, 2.05) is 0 Å². The van der Waals surface area contributed by atoms with E-state index < -0.39 is 12.0 Å². The van der Waals surface area contributed by atoms with Crippen LogP contribution >= 0.6 is 0 Å². The van der Waals surface area contributed by atoms with Crippen molar-refractivity contribution in [3.63, 3.8) is 0 Å². The molecule has 0 aromatic carbocycles. The molecule has 0 saturated carbocycles. The van der Waals surface area contributed by atoms with E-state index in [0.29, 0.717) is 0 Å². The summed E-state index contributed by atoms with van der Waals surface area (Å²) in [6, 6.07) is -0.321. The van der Waals surface area contributed by atoms with Crippen LogP contribution in [-0.4, -0.2) is 57.8 Å². The molecule has 1 atom stereocenters. The van der Waals surface area contributed by atoms with E-state index in [1.54, 1.807) is 6.92 Å². The zero-order valence-corrected chi connectivity index (χ0v) is 11.7. The standard InChI is InChI=1S/C13H20N4O3/c1-9(17-8-10(7-14-17)13(19)20)12(18)15-11-3-5-16(2)6-4-11/h7-9,11H,3-6H2,1-2H3,(H,15,18)(H,19,20). The molecule has 1 unspecified atom stereocenters. The third-order valence-electron chi connectivity index (χ3n) is 3.69. The number of aromatic carboxylic acids is 1. The van der Waals surface area contributed by atoms with Crippen molar-refractivity contribution in [3.8, 4) is 0 Å². The van der Waals surface area contributed by atoms with Crippen molar-refractivity contribution in [2.24, 2.45) is 0 Å². The number of nitrogens with one attached hydrogen (secondary N) is 1. The normalized spacial score (nSPS) is 18.7. The predicted molar refractivity (Wildman–Crippen MR) is 72.6 cm³/mol. The Labute approximate surface area is 117 Å². The highest BCUT2D eigenvalue weighted by molar-refractivity contribution is 5.87. The van der Waals surface area contributed by atoms with Gasteiger partial charge in [-0.2, -0.15) is 5.10 Å². The second kappa shape index (κ2) is 6.04. The van der Waals surface area contributed by atoms with Crippen molar-refractivity contribution in [1.29, 1.82) is 0 Å². The Morgan fingerprint density at radius 1 is 1.45 bits per heavy atom. The molecule has 0 bridgehead atoms. The van der Waals surface area contributed by atoms with Crippen molar-refractivity contribution < 1.29 is 14.7 Å². The Kier molecular flexibility index (Phi) is 4.39. The fraction of sp³-hybridized carbons (Fsp3) is 0.615. The fourth-order valence-corrected chi connectivity index (χ4v) is 2.26. The number of hydrogen-bond acceptors (Lipinski definition) is 4. The number of rotatable bonds is 4. The second-order valence-corrected chi connectivity index (χ2v) is 5.28. The number of likely N-dealkylation sites (tertiary alicyclic amines) is 1. The summed E-state index contributed by atoms with van der Waals surface area (Å²) in [5.74, 6) is -1.17. The third-order valence-corrected chi connectivity index (χ3v) is 3.69. The Hall–Kier alpha value is -1.89. The van der Waals surface area contributed by atoms with Crippen LogP contribution in [0.2, 0.25) is 0 Å². The number of carbonyl (C=O) groups excluding carboxylic acids is 1. The smallest absolute Gasteiger partial charge is 0.338 e. The highest BCUT2D eigenvalue weighted by atomic mass is 16.4. The zero-order valence-electron chi connectivity index (χ0n) is 11.7. The van der Waals surface area contributed by atoms with Gasteiger partial charge in [-0.25, -0.2) is 4.79 Å². The number of nitrogens with zero attached hydrogens (tertiary/aromatic N) is 3. The molecule has 2 rings (SSSR count). The van der Waals surface area contributed by atoms with E-state index >= 15 is 0 Å². The predicted octanol–water partition coefficient (Wildman–Crippen LogP) is 0.353. The molecule has 20 heavy (non-hydrogen) atoms. The first-order valence-electron chi connectivity index (χ1n) is 6.73. The Morgan fingerprint density at radius 3 is 2.65 bits per heavy atom. The van der Waals surface area contributed by atoms with Crippen molar-refractivity contribution in [3.05, 3.63) is 18.0 Å². The van der Waals surface area contributed by atoms with Gasteiger partial charge in [0.1, 0.15) is 6.04 Å². The molecular weight excluding hydrogens is 260 g/mol. The maximum Gasteiger partial charge on any atom is 0.338 e. The molecule has 7 heteroatoms. The first-order valence-corrected chi connectivity index (χ1v) is 6.73. The Bertz CT molecular complexity index is 492. The van der Waals surface area contributed by atoms with Crippen molar-refractivity contribution in [2.75, 3.05) is 20.1 Å². The number of carboxylic acids is 1. The highest BCUT2D eigenvalue weighted by Gasteiger charge is 2.23. The van der Waals surface area contributed by atoms with Crippen LogP contribution in [0.3, 0.4) is 0 Å². The monoisotopic (exact) mass is 280 g/mol. The lowest BCUT2D eigenvalue weighted by Gasteiger charge is -2.30. The van der Waals surface area contributed by atoms with Crippen LogP contribution in [0.1, 0.15) is 36.2 Å². The van der Waals surface area contributed by atoms with Crippen LogP contribution in [0.15, 0.2) is 12.4 Å². The van der Waals surface area contributed by atoms with Gasteiger partial charge in [-0.05, 0) is 39.9 Å². The van der Waals surface area contributed by atoms with Crippen LogP contribution in [0.5, 0.6) is 0 Å². The summed E-state index contributed by atoms with van der Waals surface area (Å²) in [6.07, 6.45) is 4.51. The van der Waals surface area contributed by atoms with Crippen molar-refractivity contribution in [2.45, 2.75) is 31.8 Å². The van der Waals surface area contributed by atoms with Gasteiger partial charge in [-0.1, -0.05) is 0 Å². The zero-order chi connectivity index (χ0) is 14.7. The van der Waals surface area contributed by atoms with Gasteiger partial charge in [0.05, 0.1) is 11.8 Å². The molecule has 2 heterocycles. The molecule has 0 radical (unpaired) electrons. The van der Waals surface area contributed by atoms with Gasteiger partial charge in [-0.15, -0.1) is 0 Å². The van der Waals surface area contributed by atoms with Crippen LogP contribution in [0.25, 0.3) is 0 Å². The van der Waals surface area contributed by atoms with Gasteiger partial charge in [0.2, 0.25) is 5.91 Å². The van der Waals surface area contributed by atoms with Crippen LogP contribution in [-0.2, 0) is 4.79 Å². The number of aromatic nitrogens is 2. The molecule has 7 nitrogen and oxygen atoms in total. The van der Waals surface area contributed by atoms with E-state index in [0.717, 1.165) is 25.9 Å². The average molecular weight is 280 g/mol. The quantitative estimate of drug-likeness (QED) is 0.831. The number of piperidine rings is 1. The summed E-state index contributed by atoms with van der Waals surface area (Å²) in [6.45, 7) is 3.66. The van der Waals surface area contributed by atoms with E-state index in [-0.39, 0.29) is 17.5 Å². The van der Waals surface area contributed by atoms with Gasteiger partial charge in [-0.3, -0.25) is 9.48 Å². The fourth-order valence-electron chi connectivity index (χ4n) is 2.26. The molecule has 1 aliphatic heterocycles. The molecule has 1 fully saturated rings. The first kappa shape index (κ1) is 14.5. The molecule has 110 valence electrons. The van der Waals surface area contributed by atoms with E-state index in [4.69, 9.17) is 5.11 Å². The average Bonchev–Trinajstić information content (AvgIpc) is 2.90. The summed E-state index contributed by atoms with van der Waals surface area (Å²) in [4.78, 5) is 25.2. The van der Waals surface area contributed by atoms with Gasteiger partial charge < -0.3 is 15.3 Å². The summed E-state index contributed by atoms with van der Waals surface area (Å²) >= 11 is 0. The van der Waals surface area contributed by atoms with E-state index in [9.17, 15) is 9.59 Å². The van der Waals surface area contributed by atoms with Gasteiger partial charge in [0.25, 0.3) is 0 Å². The molecule has 1 aromatic rings. The molecular formula is C13H20N4O3. The summed E-state index contributed by atoms with van der Waals surface area (Å²) in [7, 11) is 2.07. The maximum absolute atomic E-state index is 12.1. The topological polar surface area (TPSA) is 87.5 Å². The number of hydrogen-bond donors (Lipinski definition) is 2. The minimum Gasteiger partial charge on any atom is -0.478 e. The van der Waals surface area contributed by atoms with Crippen molar-refractivity contribution >= 4 is 11.9 Å². The Morgan fingerprint density at radius 2 is 2.10 bits per heavy atom. The molecule has 0 spiro atoms. The first-order chi connectivity index (χ1) is 9.47. The van der Waals surface area contributed by atoms with Gasteiger partial charge in [0, 0.05) is 12.2 Å². The molecule has 1 saturated heterocycles. The summed E-state index contributed by atoms with van der Waals surface area (Å²) in [5, 5.41) is 15.8. The van der Waals surface area contributed by atoms with Crippen LogP contribution < -0.4 is 5.32 Å². The van der Waals surface area contributed by atoms with Crippen molar-refractivity contribution in [1.82, 2.24) is 20.0 Å². The van der Waals surface area contributed by atoms with Gasteiger partial charge >= 0.3 is 5.97 Å². The number of carboxylic acid groups (broad SMARTS) is 1. The lowest BCUT2D eigenvalue weighted by molar-refractivity contribution is -0.125. The number of carbonyl (C=O) groups is 2. The molecule has 2 N–H and O–H groups in total. The summed E-state index contributed by atoms with van der Waals surface area (Å²) < 4.78 is 1.38. The molecule has 1 amide bonds. The summed E-state index contributed by atoms with van der Waals surface area (Å²) in [5.41, 5.74) is 0.0870. The van der Waals surface area contributed by atoms with E-state index in [2.05, 4.69) is 22.4 Å². The lowest BCUT2D eigenvalue weighted by atomic mass is 10.1. The minimum atomic E-state index is -1.04. The lowest BCUT2D eigenvalue weighted by Crippen LogP contribution is -2.45. The minimum absolute atomic E-state index is 0.0870. The van der Waals surface area contributed by atoms with Gasteiger partial charge in [0.15, 0.2) is 0 Å². The molecule has 0 aliphatic carbocycles. The molecule has 1 aliphatic rings. The second-order valence-electron chi connectivity index (χ2n) is 5.28. The van der Waals surface area contributed by atoms with E-state index in [1.165, 1.54) is 17.1 Å². The molecule has 1 aromatic heterocycles. The third kappa shape index (κ3) is 3.36. The SMILES string of the molecule is CC(C(=O)NC1CCN(C)CC1)n1cc(C(=O)O)cn1. The van der Waals surface area contributed by atoms with Crippen LogP contribution in [0, 0.1) is 0 Å². The van der Waals surface area contributed by atoms with Crippen LogP contribution in [0.4, 0.5) is 0 Å². The highest BCUT2D eigenvalue weighted by Crippen LogP contribution is 2.11. The largest absolute Gasteiger partial charge is 0.478 e.